The number of hydrogen-bond donors (Lipinski definition) is 0. The van der Waals surface area contributed by atoms with Gasteiger partial charge in [-0.1, -0.05) is 11.6 Å². The molecule has 0 N–H and O–H groups in total. The van der Waals surface area contributed by atoms with Gasteiger partial charge in [0, 0.05) is 6.07 Å². The summed E-state index contributed by atoms with van der Waals surface area (Å²) in [6.07, 6.45) is 1.46. The standard InChI is InChI=1S/C8H9ClN2O3/c1-14-8(13)2-3-11-7(12)4-6(9)5-10-11/h4-5H,2-3H2,1H3. The van der Waals surface area contributed by atoms with Crippen LogP contribution in [0.25, 0.3) is 0 Å². The Labute approximate surface area is 85.2 Å². The molecule has 5 nitrogen and oxygen atoms in total. The highest BCUT2D eigenvalue weighted by molar-refractivity contribution is 6.30. The summed E-state index contributed by atoms with van der Waals surface area (Å²) in [6, 6.07) is 1.24. The summed E-state index contributed by atoms with van der Waals surface area (Å²) in [5.41, 5.74) is -0.332. The summed E-state index contributed by atoms with van der Waals surface area (Å²) < 4.78 is 5.58. The number of aryl methyl sites for hydroxylation is 1. The van der Waals surface area contributed by atoms with Gasteiger partial charge in [0.2, 0.25) is 0 Å². The normalized spacial score (nSPS) is 9.86. The number of rotatable bonds is 3. The summed E-state index contributed by atoms with van der Waals surface area (Å²) in [7, 11) is 1.29. The van der Waals surface area contributed by atoms with Gasteiger partial charge in [0.25, 0.3) is 5.56 Å². The van der Waals surface area contributed by atoms with Crippen molar-refractivity contribution in [1.29, 1.82) is 0 Å². The lowest BCUT2D eigenvalue weighted by Crippen LogP contribution is -2.23. The van der Waals surface area contributed by atoms with Crippen LogP contribution in [0.1, 0.15) is 6.42 Å². The Balaban J connectivity index is 2.68. The molecule has 0 aliphatic carbocycles. The minimum absolute atomic E-state index is 0.116. The Hall–Kier alpha value is -1.36. The van der Waals surface area contributed by atoms with E-state index in [2.05, 4.69) is 9.84 Å². The van der Waals surface area contributed by atoms with Gasteiger partial charge in [0.05, 0.1) is 31.3 Å². The van der Waals surface area contributed by atoms with Crippen molar-refractivity contribution in [3.63, 3.8) is 0 Å². The van der Waals surface area contributed by atoms with Crippen LogP contribution in [0.3, 0.4) is 0 Å². The number of nitrogens with zero attached hydrogens (tertiary/aromatic N) is 2. The van der Waals surface area contributed by atoms with Gasteiger partial charge in [-0.15, -0.1) is 0 Å². The van der Waals surface area contributed by atoms with Crippen LogP contribution in [0.2, 0.25) is 5.02 Å². The van der Waals surface area contributed by atoms with E-state index in [1.165, 1.54) is 19.4 Å². The smallest absolute Gasteiger partial charge is 0.307 e. The van der Waals surface area contributed by atoms with Crippen molar-refractivity contribution in [3.8, 4) is 0 Å². The summed E-state index contributed by atoms with van der Waals surface area (Å²) in [5.74, 6) is -0.381. The van der Waals surface area contributed by atoms with Crippen LogP contribution in [-0.4, -0.2) is 22.9 Å². The van der Waals surface area contributed by atoms with E-state index >= 15 is 0 Å². The second kappa shape index (κ2) is 4.76. The molecule has 76 valence electrons. The first kappa shape index (κ1) is 10.7. The summed E-state index contributed by atoms with van der Waals surface area (Å²) in [5, 5.41) is 4.03. The SMILES string of the molecule is COC(=O)CCn1ncc(Cl)cc1=O. The highest BCUT2D eigenvalue weighted by Crippen LogP contribution is 1.99. The molecular formula is C8H9ClN2O3. The molecule has 0 bridgehead atoms. The molecule has 1 heterocycles. The average molecular weight is 217 g/mol. The molecule has 1 aromatic heterocycles. The van der Waals surface area contributed by atoms with Crippen LogP contribution in [0.4, 0.5) is 0 Å². The fourth-order valence-electron chi connectivity index (χ4n) is 0.879. The first-order chi connectivity index (χ1) is 6.63. The number of esters is 1. The average Bonchev–Trinajstić information content (AvgIpc) is 2.16. The van der Waals surface area contributed by atoms with Gasteiger partial charge < -0.3 is 4.74 Å². The van der Waals surface area contributed by atoms with E-state index in [0.717, 1.165) is 4.68 Å². The van der Waals surface area contributed by atoms with E-state index in [1.807, 2.05) is 0 Å². The zero-order valence-electron chi connectivity index (χ0n) is 7.57. The molecule has 1 rings (SSSR count). The van der Waals surface area contributed by atoms with Gasteiger partial charge in [0.15, 0.2) is 0 Å². The molecule has 0 radical (unpaired) electrons. The molecule has 0 saturated heterocycles. The van der Waals surface area contributed by atoms with Gasteiger partial charge >= 0.3 is 5.97 Å². The molecule has 0 amide bonds. The van der Waals surface area contributed by atoms with Crippen molar-refractivity contribution < 1.29 is 9.53 Å². The topological polar surface area (TPSA) is 61.2 Å². The van der Waals surface area contributed by atoms with E-state index in [-0.39, 0.29) is 29.5 Å². The predicted octanol–water partition coefficient (Wildman–Crippen LogP) is 0.460. The van der Waals surface area contributed by atoms with E-state index in [4.69, 9.17) is 11.6 Å². The third-order valence-electron chi connectivity index (χ3n) is 1.59. The molecule has 0 unspecified atom stereocenters. The molecule has 0 saturated carbocycles. The van der Waals surface area contributed by atoms with Gasteiger partial charge in [-0.05, 0) is 0 Å². The minimum Gasteiger partial charge on any atom is -0.469 e. The zero-order valence-corrected chi connectivity index (χ0v) is 8.32. The van der Waals surface area contributed by atoms with Crippen LogP contribution in [0.15, 0.2) is 17.1 Å². The van der Waals surface area contributed by atoms with Crippen LogP contribution in [0.5, 0.6) is 0 Å². The Kier molecular flexibility index (Phi) is 3.64. The Morgan fingerprint density at radius 1 is 1.71 bits per heavy atom. The molecule has 0 aliphatic rings. The van der Waals surface area contributed by atoms with Crippen molar-refractivity contribution >= 4 is 17.6 Å². The van der Waals surface area contributed by atoms with Crippen LogP contribution in [0, 0.1) is 0 Å². The van der Waals surface area contributed by atoms with Crippen LogP contribution >= 0.6 is 11.6 Å². The molecular weight excluding hydrogens is 208 g/mol. The molecule has 0 fully saturated rings. The first-order valence-corrected chi connectivity index (χ1v) is 4.31. The molecule has 0 aromatic carbocycles. The maximum Gasteiger partial charge on any atom is 0.307 e. The van der Waals surface area contributed by atoms with Crippen LogP contribution in [-0.2, 0) is 16.1 Å². The highest BCUT2D eigenvalue weighted by Gasteiger charge is 2.03. The summed E-state index contributed by atoms with van der Waals surface area (Å²) in [4.78, 5) is 22.0. The van der Waals surface area contributed by atoms with Gasteiger partial charge in [-0.2, -0.15) is 5.10 Å². The van der Waals surface area contributed by atoms with Crippen LogP contribution < -0.4 is 5.56 Å². The number of hydrogen-bond acceptors (Lipinski definition) is 4. The predicted molar refractivity (Wildman–Crippen MR) is 50.1 cm³/mol. The second-order valence-electron chi connectivity index (χ2n) is 2.56. The Morgan fingerprint density at radius 2 is 2.43 bits per heavy atom. The maximum atomic E-state index is 11.2. The fourth-order valence-corrected chi connectivity index (χ4v) is 1.02. The maximum absolute atomic E-state index is 11.2. The van der Waals surface area contributed by atoms with E-state index in [1.54, 1.807) is 0 Å². The van der Waals surface area contributed by atoms with Gasteiger partial charge in [-0.25, -0.2) is 4.68 Å². The zero-order chi connectivity index (χ0) is 10.6. The Bertz CT molecular complexity index is 388. The largest absolute Gasteiger partial charge is 0.469 e. The van der Waals surface area contributed by atoms with Gasteiger partial charge in [0.1, 0.15) is 0 Å². The first-order valence-electron chi connectivity index (χ1n) is 3.93. The molecule has 0 spiro atoms. The Morgan fingerprint density at radius 3 is 3.00 bits per heavy atom. The fraction of sp³-hybridized carbons (Fsp3) is 0.375. The summed E-state index contributed by atoms with van der Waals surface area (Å²) >= 11 is 5.54. The van der Waals surface area contributed by atoms with E-state index < -0.39 is 0 Å². The number of carbonyl (C=O) groups excluding carboxylic acids is 1. The van der Waals surface area contributed by atoms with Crippen molar-refractivity contribution in [2.45, 2.75) is 13.0 Å². The molecule has 6 heteroatoms. The molecule has 0 atom stereocenters. The third-order valence-corrected chi connectivity index (χ3v) is 1.80. The van der Waals surface area contributed by atoms with E-state index in [9.17, 15) is 9.59 Å². The van der Waals surface area contributed by atoms with E-state index in [0.29, 0.717) is 0 Å². The monoisotopic (exact) mass is 216 g/mol. The van der Waals surface area contributed by atoms with Crippen molar-refractivity contribution in [2.24, 2.45) is 0 Å². The molecule has 0 aliphatic heterocycles. The number of carbonyl (C=O) groups is 1. The second-order valence-corrected chi connectivity index (χ2v) is 3.00. The molecule has 1 aromatic rings. The lowest BCUT2D eigenvalue weighted by Gasteiger charge is -2.02. The number of halogens is 1. The summed E-state index contributed by atoms with van der Waals surface area (Å²) in [6.45, 7) is 0.197. The minimum atomic E-state index is -0.381. The van der Waals surface area contributed by atoms with Crippen molar-refractivity contribution in [3.05, 3.63) is 27.6 Å². The number of ether oxygens (including phenoxy) is 1. The molecule has 14 heavy (non-hydrogen) atoms. The lowest BCUT2D eigenvalue weighted by atomic mass is 10.4. The number of aromatic nitrogens is 2. The third kappa shape index (κ3) is 2.85. The van der Waals surface area contributed by atoms with Crippen molar-refractivity contribution in [1.82, 2.24) is 9.78 Å². The highest BCUT2D eigenvalue weighted by atomic mass is 35.5. The van der Waals surface area contributed by atoms with Gasteiger partial charge in [-0.3, -0.25) is 9.59 Å². The quantitative estimate of drug-likeness (QED) is 0.689. The lowest BCUT2D eigenvalue weighted by molar-refractivity contribution is -0.140. The van der Waals surface area contributed by atoms with Crippen molar-refractivity contribution in [2.75, 3.05) is 7.11 Å². The number of methoxy groups -OCH3 is 1.